The van der Waals surface area contributed by atoms with Crippen LogP contribution < -0.4 is 4.74 Å². The molecule has 4 aromatic rings. The summed E-state index contributed by atoms with van der Waals surface area (Å²) in [6, 6.07) is 12.2. The van der Waals surface area contributed by atoms with Crippen LogP contribution in [-0.2, 0) is 11.3 Å². The Hall–Kier alpha value is -3.23. The zero-order chi connectivity index (χ0) is 21.0. The Morgan fingerprint density at radius 2 is 2.16 bits per heavy atom. The summed E-state index contributed by atoms with van der Waals surface area (Å²) in [4.78, 5) is 14.7. The summed E-state index contributed by atoms with van der Waals surface area (Å²) in [5.41, 5.74) is 3.27. The lowest BCUT2D eigenvalue weighted by molar-refractivity contribution is 0.144. The molecule has 1 atom stereocenters. The van der Waals surface area contributed by atoms with Crippen LogP contribution in [0.3, 0.4) is 0 Å². The van der Waals surface area contributed by atoms with Crippen molar-refractivity contribution < 1.29 is 14.0 Å². The van der Waals surface area contributed by atoms with Gasteiger partial charge in [0.2, 0.25) is 17.6 Å². The Labute approximate surface area is 180 Å². The fraction of sp³-hybridized carbons (Fsp3) is 0.348. The standard InChI is InChI=1S/C23H25N5O3/c1-29-11-12-30-21-13-16(8-9-24-21)22-26-23(31-27-22)20-7-4-10-28(20)15-17-14-25-19-6-3-2-5-18(17)19/h2-3,5-6,8-9,13-14,20,25H,4,7,10-12,15H2,1H3. The zero-order valence-electron chi connectivity index (χ0n) is 17.5. The SMILES string of the molecule is COCCOc1cc(-c2noc(C3CCCN3Cc3c[nH]c4ccccc34)n2)ccn1. The van der Waals surface area contributed by atoms with E-state index in [2.05, 4.69) is 44.4 Å². The lowest BCUT2D eigenvalue weighted by Gasteiger charge is -2.21. The van der Waals surface area contributed by atoms with Crippen LogP contribution in [0.4, 0.5) is 0 Å². The smallest absolute Gasteiger partial charge is 0.244 e. The lowest BCUT2D eigenvalue weighted by Crippen LogP contribution is -2.22. The Kier molecular flexibility index (Phi) is 5.64. The first-order chi connectivity index (χ1) is 15.3. The van der Waals surface area contributed by atoms with Crippen molar-refractivity contribution in [2.75, 3.05) is 26.9 Å². The van der Waals surface area contributed by atoms with E-state index in [1.165, 1.54) is 10.9 Å². The molecule has 8 heteroatoms. The van der Waals surface area contributed by atoms with Crippen LogP contribution in [-0.4, -0.2) is 51.9 Å². The van der Waals surface area contributed by atoms with Crippen LogP contribution in [0, 0.1) is 0 Å². The number of nitrogens with one attached hydrogen (secondary N) is 1. The average Bonchev–Trinajstić information content (AvgIpc) is 3.55. The van der Waals surface area contributed by atoms with Crippen LogP contribution in [0.2, 0.25) is 0 Å². The molecule has 0 radical (unpaired) electrons. The number of rotatable bonds is 8. The molecule has 4 heterocycles. The number of aromatic nitrogens is 4. The van der Waals surface area contributed by atoms with Gasteiger partial charge in [-0.2, -0.15) is 4.98 Å². The molecule has 1 aliphatic rings. The molecular weight excluding hydrogens is 394 g/mol. The van der Waals surface area contributed by atoms with Crippen molar-refractivity contribution in [2.45, 2.75) is 25.4 Å². The largest absolute Gasteiger partial charge is 0.475 e. The summed E-state index contributed by atoms with van der Waals surface area (Å²) in [5, 5.41) is 5.48. The van der Waals surface area contributed by atoms with Crippen molar-refractivity contribution >= 4 is 10.9 Å². The van der Waals surface area contributed by atoms with Crippen LogP contribution in [0.1, 0.15) is 30.3 Å². The Balaban J connectivity index is 1.32. The van der Waals surface area contributed by atoms with Gasteiger partial charge < -0.3 is 19.0 Å². The molecule has 31 heavy (non-hydrogen) atoms. The van der Waals surface area contributed by atoms with Gasteiger partial charge in [-0.25, -0.2) is 4.98 Å². The molecule has 1 fully saturated rings. The van der Waals surface area contributed by atoms with Crippen molar-refractivity contribution in [3.63, 3.8) is 0 Å². The van der Waals surface area contributed by atoms with Crippen molar-refractivity contribution in [3.8, 4) is 17.3 Å². The number of ether oxygens (including phenoxy) is 2. The van der Waals surface area contributed by atoms with E-state index in [1.807, 2.05) is 18.2 Å². The van der Waals surface area contributed by atoms with Crippen molar-refractivity contribution in [1.29, 1.82) is 0 Å². The third kappa shape index (κ3) is 4.17. The molecule has 0 amide bonds. The Morgan fingerprint density at radius 1 is 1.23 bits per heavy atom. The molecular formula is C23H25N5O3. The van der Waals surface area contributed by atoms with Gasteiger partial charge in [-0.1, -0.05) is 23.4 Å². The lowest BCUT2D eigenvalue weighted by atomic mass is 10.1. The average molecular weight is 419 g/mol. The molecule has 1 N–H and O–H groups in total. The molecule has 1 saturated heterocycles. The van der Waals surface area contributed by atoms with Gasteiger partial charge in [-0.05, 0) is 37.1 Å². The fourth-order valence-corrected chi connectivity index (χ4v) is 4.12. The van der Waals surface area contributed by atoms with Gasteiger partial charge in [0.15, 0.2) is 0 Å². The molecule has 1 aliphatic heterocycles. The minimum atomic E-state index is 0.120. The van der Waals surface area contributed by atoms with Gasteiger partial charge in [-0.3, -0.25) is 4.90 Å². The minimum Gasteiger partial charge on any atom is -0.475 e. The number of hydrogen-bond donors (Lipinski definition) is 1. The third-order valence-electron chi connectivity index (χ3n) is 5.67. The first kappa shape index (κ1) is 19.7. The van der Waals surface area contributed by atoms with E-state index in [0.29, 0.717) is 30.8 Å². The van der Waals surface area contributed by atoms with Gasteiger partial charge in [-0.15, -0.1) is 0 Å². The highest BCUT2D eigenvalue weighted by atomic mass is 16.5. The minimum absolute atomic E-state index is 0.120. The van der Waals surface area contributed by atoms with E-state index in [-0.39, 0.29) is 6.04 Å². The number of aromatic amines is 1. The van der Waals surface area contributed by atoms with E-state index in [4.69, 9.17) is 19.0 Å². The summed E-state index contributed by atoms with van der Waals surface area (Å²) in [6.07, 6.45) is 5.90. The number of pyridine rings is 1. The van der Waals surface area contributed by atoms with Crippen molar-refractivity contribution in [1.82, 2.24) is 25.0 Å². The van der Waals surface area contributed by atoms with Crippen molar-refractivity contribution in [2.24, 2.45) is 0 Å². The van der Waals surface area contributed by atoms with Gasteiger partial charge in [0.25, 0.3) is 0 Å². The number of para-hydroxylation sites is 1. The fourth-order valence-electron chi connectivity index (χ4n) is 4.12. The second-order valence-electron chi connectivity index (χ2n) is 7.67. The Bertz CT molecular complexity index is 1150. The first-order valence-electron chi connectivity index (χ1n) is 10.5. The van der Waals surface area contributed by atoms with Crippen LogP contribution in [0.25, 0.3) is 22.3 Å². The normalized spacial score (nSPS) is 16.9. The van der Waals surface area contributed by atoms with E-state index < -0.39 is 0 Å². The maximum absolute atomic E-state index is 5.69. The van der Waals surface area contributed by atoms with Gasteiger partial charge in [0.1, 0.15) is 6.61 Å². The maximum atomic E-state index is 5.69. The highest BCUT2D eigenvalue weighted by Gasteiger charge is 2.31. The van der Waals surface area contributed by atoms with Gasteiger partial charge in [0.05, 0.1) is 12.6 Å². The quantitative estimate of drug-likeness (QED) is 0.432. The molecule has 0 bridgehead atoms. The predicted molar refractivity (Wildman–Crippen MR) is 116 cm³/mol. The first-order valence-corrected chi connectivity index (χ1v) is 10.5. The molecule has 0 saturated carbocycles. The van der Waals surface area contributed by atoms with Crippen molar-refractivity contribution in [3.05, 3.63) is 60.2 Å². The topological polar surface area (TPSA) is 89.3 Å². The summed E-state index contributed by atoms with van der Waals surface area (Å²) in [7, 11) is 1.64. The van der Waals surface area contributed by atoms with Gasteiger partial charge >= 0.3 is 0 Å². The maximum Gasteiger partial charge on any atom is 0.244 e. The number of fused-ring (bicyclic) bond motifs is 1. The molecule has 5 rings (SSSR count). The second-order valence-corrected chi connectivity index (χ2v) is 7.67. The van der Waals surface area contributed by atoms with Gasteiger partial charge in [0, 0.05) is 48.6 Å². The number of H-pyrrole nitrogens is 1. The van der Waals surface area contributed by atoms with E-state index in [1.54, 1.807) is 13.3 Å². The molecule has 3 aromatic heterocycles. The predicted octanol–water partition coefficient (Wildman–Crippen LogP) is 3.98. The number of likely N-dealkylation sites (tertiary alicyclic amines) is 1. The summed E-state index contributed by atoms with van der Waals surface area (Å²) in [6.45, 7) is 2.80. The summed E-state index contributed by atoms with van der Waals surface area (Å²) in [5.74, 6) is 1.72. The number of hydrogen-bond acceptors (Lipinski definition) is 7. The molecule has 0 spiro atoms. The van der Waals surface area contributed by atoms with Crippen LogP contribution in [0.5, 0.6) is 5.88 Å². The summed E-state index contributed by atoms with van der Waals surface area (Å²) >= 11 is 0. The van der Waals surface area contributed by atoms with E-state index in [9.17, 15) is 0 Å². The van der Waals surface area contributed by atoms with Crippen LogP contribution in [0.15, 0.2) is 53.3 Å². The van der Waals surface area contributed by atoms with Crippen LogP contribution >= 0.6 is 0 Å². The highest BCUT2D eigenvalue weighted by Crippen LogP contribution is 2.34. The molecule has 1 unspecified atom stereocenters. The molecule has 1 aromatic carbocycles. The zero-order valence-corrected chi connectivity index (χ0v) is 17.5. The molecule has 8 nitrogen and oxygen atoms in total. The number of methoxy groups -OCH3 is 1. The monoisotopic (exact) mass is 419 g/mol. The molecule has 0 aliphatic carbocycles. The Morgan fingerprint density at radius 3 is 3.10 bits per heavy atom. The van der Waals surface area contributed by atoms with E-state index in [0.717, 1.165) is 37.0 Å². The molecule has 160 valence electrons. The highest BCUT2D eigenvalue weighted by molar-refractivity contribution is 5.82. The second kappa shape index (κ2) is 8.87. The van der Waals surface area contributed by atoms with E-state index >= 15 is 0 Å². The third-order valence-corrected chi connectivity index (χ3v) is 5.67. The number of nitrogens with zero attached hydrogens (tertiary/aromatic N) is 4. The number of benzene rings is 1. The summed E-state index contributed by atoms with van der Waals surface area (Å²) < 4.78 is 16.3.